The van der Waals surface area contributed by atoms with Crippen LogP contribution in [0.2, 0.25) is 0 Å². The Balaban J connectivity index is 4.14. The standard InChI is InChI=1S/C13H27/c1-6-9-11-13(5,10-7-2)12(4)8-3/h12H,2,6-11H2,1,3-5H3/q+1. The summed E-state index contributed by atoms with van der Waals surface area (Å²) in [6.07, 6.45) is 7.77. The van der Waals surface area contributed by atoms with E-state index >= 15 is 0 Å². The van der Waals surface area contributed by atoms with E-state index in [4.69, 9.17) is 0 Å². The number of rotatable bonds is 7. The average molecular weight is 183 g/mol. The van der Waals surface area contributed by atoms with Crippen LogP contribution in [0.1, 0.15) is 66.2 Å². The summed E-state index contributed by atoms with van der Waals surface area (Å²) < 4.78 is 0. The Hall–Kier alpha value is -0.130. The molecule has 0 aliphatic heterocycles. The van der Waals surface area contributed by atoms with Crippen molar-refractivity contribution in [3.63, 3.8) is 0 Å². The fourth-order valence-electron chi connectivity index (χ4n) is 2.10. The maximum absolute atomic E-state index is 4.00. The van der Waals surface area contributed by atoms with E-state index in [1.807, 2.05) is 0 Å². The topological polar surface area (TPSA) is 0 Å². The summed E-state index contributed by atoms with van der Waals surface area (Å²) >= 11 is 0. The molecule has 0 aromatic heterocycles. The molecule has 2 atom stereocenters. The highest BCUT2D eigenvalue weighted by Crippen LogP contribution is 2.39. The van der Waals surface area contributed by atoms with Gasteiger partial charge in [0.15, 0.2) is 0 Å². The highest BCUT2D eigenvalue weighted by molar-refractivity contribution is 4.79. The van der Waals surface area contributed by atoms with Crippen LogP contribution in [-0.4, -0.2) is 0 Å². The van der Waals surface area contributed by atoms with Crippen molar-refractivity contribution in [1.29, 1.82) is 0 Å². The van der Waals surface area contributed by atoms with E-state index < -0.39 is 0 Å². The van der Waals surface area contributed by atoms with E-state index in [9.17, 15) is 0 Å². The van der Waals surface area contributed by atoms with Crippen LogP contribution in [0.5, 0.6) is 0 Å². The largest absolute Gasteiger partial charge is 0.0856 e. The van der Waals surface area contributed by atoms with Crippen molar-refractivity contribution in [1.82, 2.24) is 0 Å². The minimum absolute atomic E-state index is 0.548. The zero-order valence-corrected chi connectivity index (χ0v) is 10.0. The van der Waals surface area contributed by atoms with Gasteiger partial charge in [-0.15, -0.1) is 0 Å². The molecular formula is C13H27+. The molecule has 0 rings (SSSR count). The van der Waals surface area contributed by atoms with Gasteiger partial charge in [0.2, 0.25) is 0 Å². The summed E-state index contributed by atoms with van der Waals surface area (Å²) in [4.78, 5) is 0. The lowest BCUT2D eigenvalue weighted by Gasteiger charge is -2.34. The van der Waals surface area contributed by atoms with Crippen LogP contribution < -0.4 is 0 Å². The van der Waals surface area contributed by atoms with Crippen LogP contribution in [0, 0.1) is 18.3 Å². The first-order valence-corrected chi connectivity index (χ1v) is 5.90. The lowest BCUT2D eigenvalue weighted by Crippen LogP contribution is -2.24. The summed E-state index contributed by atoms with van der Waals surface area (Å²) in [5, 5.41) is 0. The van der Waals surface area contributed by atoms with Gasteiger partial charge in [-0.25, -0.2) is 0 Å². The predicted molar refractivity (Wildman–Crippen MR) is 61.7 cm³/mol. The van der Waals surface area contributed by atoms with Gasteiger partial charge in [0.25, 0.3) is 0 Å². The van der Waals surface area contributed by atoms with Crippen LogP contribution >= 0.6 is 0 Å². The molecule has 78 valence electrons. The molecule has 0 fully saturated rings. The van der Waals surface area contributed by atoms with Gasteiger partial charge in [0.05, 0.1) is 13.3 Å². The van der Waals surface area contributed by atoms with Crippen LogP contribution in [0.4, 0.5) is 0 Å². The molecule has 0 nitrogen and oxygen atoms in total. The molecule has 0 aromatic carbocycles. The molecule has 0 bridgehead atoms. The third-order valence-corrected chi connectivity index (χ3v) is 3.65. The molecule has 0 aliphatic carbocycles. The maximum atomic E-state index is 4.00. The second-order valence-corrected chi connectivity index (χ2v) is 4.67. The molecule has 13 heavy (non-hydrogen) atoms. The Kier molecular flexibility index (Phi) is 6.28. The first-order valence-electron chi connectivity index (χ1n) is 5.90. The Bertz CT molecular complexity index is 117. The molecule has 2 unspecified atom stereocenters. The van der Waals surface area contributed by atoms with Crippen molar-refractivity contribution in [2.24, 2.45) is 11.3 Å². The summed E-state index contributed by atoms with van der Waals surface area (Å²) in [7, 11) is 0. The normalized spacial score (nSPS) is 18.2. The first-order chi connectivity index (χ1) is 6.10. The van der Waals surface area contributed by atoms with Crippen LogP contribution in [0.25, 0.3) is 0 Å². The van der Waals surface area contributed by atoms with Crippen LogP contribution in [-0.2, 0) is 0 Å². The second-order valence-electron chi connectivity index (χ2n) is 4.67. The molecule has 0 radical (unpaired) electrons. The van der Waals surface area contributed by atoms with E-state index in [2.05, 4.69) is 34.6 Å². The van der Waals surface area contributed by atoms with Crippen molar-refractivity contribution in [3.05, 3.63) is 6.92 Å². The minimum Gasteiger partial charge on any atom is -0.0654 e. The summed E-state index contributed by atoms with van der Waals surface area (Å²) in [6.45, 7) is 13.4. The maximum Gasteiger partial charge on any atom is 0.0856 e. The fourth-order valence-corrected chi connectivity index (χ4v) is 2.10. The molecular weight excluding hydrogens is 156 g/mol. The van der Waals surface area contributed by atoms with Gasteiger partial charge in [-0.3, -0.25) is 0 Å². The van der Waals surface area contributed by atoms with Crippen molar-refractivity contribution < 1.29 is 0 Å². The lowest BCUT2D eigenvalue weighted by molar-refractivity contribution is 0.159. The zero-order chi connectivity index (χ0) is 10.3. The summed E-state index contributed by atoms with van der Waals surface area (Å²) in [5.41, 5.74) is 0.548. The number of hydrogen-bond donors (Lipinski definition) is 0. The highest BCUT2D eigenvalue weighted by atomic mass is 14.3. The van der Waals surface area contributed by atoms with Crippen molar-refractivity contribution in [3.8, 4) is 0 Å². The van der Waals surface area contributed by atoms with Gasteiger partial charge in [-0.1, -0.05) is 47.0 Å². The van der Waals surface area contributed by atoms with E-state index in [0.29, 0.717) is 5.41 Å². The molecule has 0 saturated heterocycles. The van der Waals surface area contributed by atoms with Gasteiger partial charge < -0.3 is 0 Å². The average Bonchev–Trinajstić information content (AvgIpc) is 2.14. The SMILES string of the molecule is [CH2+]CCC(C)(CCCC)C(C)CC. The Morgan fingerprint density at radius 3 is 2.23 bits per heavy atom. The van der Waals surface area contributed by atoms with E-state index in [-0.39, 0.29) is 0 Å². The van der Waals surface area contributed by atoms with Crippen molar-refractivity contribution in [2.45, 2.75) is 66.2 Å². The number of hydrogen-bond acceptors (Lipinski definition) is 0. The molecule has 0 saturated carbocycles. The van der Waals surface area contributed by atoms with Crippen LogP contribution in [0.3, 0.4) is 0 Å². The molecule has 0 amide bonds. The predicted octanol–water partition coefficient (Wildman–Crippen LogP) is 4.84. The molecule has 0 heteroatoms. The van der Waals surface area contributed by atoms with Gasteiger partial charge in [-0.2, -0.15) is 0 Å². The molecule has 0 N–H and O–H groups in total. The van der Waals surface area contributed by atoms with Gasteiger partial charge in [0.1, 0.15) is 0 Å². The number of unbranched alkanes of at least 4 members (excludes halogenated alkanes) is 1. The zero-order valence-electron chi connectivity index (χ0n) is 10.0. The first kappa shape index (κ1) is 12.9. The molecule has 0 spiro atoms. The van der Waals surface area contributed by atoms with Crippen molar-refractivity contribution in [2.75, 3.05) is 0 Å². The molecule has 0 aliphatic rings. The summed E-state index contributed by atoms with van der Waals surface area (Å²) in [6, 6.07) is 0. The summed E-state index contributed by atoms with van der Waals surface area (Å²) in [5.74, 6) is 0.848. The van der Waals surface area contributed by atoms with E-state index in [1.54, 1.807) is 0 Å². The van der Waals surface area contributed by atoms with Gasteiger partial charge in [-0.05, 0) is 24.2 Å². The van der Waals surface area contributed by atoms with Crippen molar-refractivity contribution >= 4 is 0 Å². The highest BCUT2D eigenvalue weighted by Gasteiger charge is 2.29. The van der Waals surface area contributed by atoms with E-state index in [0.717, 1.165) is 12.3 Å². The smallest absolute Gasteiger partial charge is 0.0654 e. The Labute approximate surface area is 85.1 Å². The molecule has 0 heterocycles. The Morgan fingerprint density at radius 2 is 1.85 bits per heavy atom. The van der Waals surface area contributed by atoms with Gasteiger partial charge >= 0.3 is 0 Å². The van der Waals surface area contributed by atoms with Gasteiger partial charge in [0, 0.05) is 0 Å². The third kappa shape index (κ3) is 4.06. The molecule has 0 aromatic rings. The lowest BCUT2D eigenvalue weighted by atomic mass is 9.70. The Morgan fingerprint density at radius 1 is 1.23 bits per heavy atom. The minimum atomic E-state index is 0.548. The second kappa shape index (κ2) is 6.34. The third-order valence-electron chi connectivity index (χ3n) is 3.65. The monoisotopic (exact) mass is 183 g/mol. The fraction of sp³-hybridized carbons (Fsp3) is 0.923. The van der Waals surface area contributed by atoms with E-state index in [1.165, 1.54) is 32.1 Å². The van der Waals surface area contributed by atoms with Crippen LogP contribution in [0.15, 0.2) is 0 Å². The quantitative estimate of drug-likeness (QED) is 0.495.